The molecule has 0 bridgehead atoms. The molecule has 0 spiro atoms. The molecule has 0 aliphatic rings. The van der Waals surface area contributed by atoms with Crippen LogP contribution < -0.4 is 5.73 Å². The zero-order valence-corrected chi connectivity index (χ0v) is 9.34. The summed E-state index contributed by atoms with van der Waals surface area (Å²) in [6.45, 7) is 3.80. The van der Waals surface area contributed by atoms with Gasteiger partial charge in [0.15, 0.2) is 0 Å². The van der Waals surface area contributed by atoms with Crippen molar-refractivity contribution in [3.8, 4) is 0 Å². The van der Waals surface area contributed by atoms with Gasteiger partial charge in [0.2, 0.25) is 0 Å². The van der Waals surface area contributed by atoms with E-state index in [0.29, 0.717) is 11.0 Å². The summed E-state index contributed by atoms with van der Waals surface area (Å²) in [5.41, 5.74) is 6.48. The molecule has 0 radical (unpaired) electrons. The minimum absolute atomic E-state index is 0.500. The van der Waals surface area contributed by atoms with Gasteiger partial charge in [-0.25, -0.2) is 9.97 Å². The van der Waals surface area contributed by atoms with Crippen LogP contribution in [0.1, 0.15) is 11.5 Å². The standard InChI is InChI=1S/C10H11N3OS/c1-6-7(2)14-10(12-6)15-9-5-3-4-8(11)13-9/h3-5H,1-2H3,(H2,11,13). The molecule has 5 heteroatoms. The normalized spacial score (nSPS) is 10.5. The van der Waals surface area contributed by atoms with E-state index in [9.17, 15) is 0 Å². The number of nitrogens with zero attached hydrogens (tertiary/aromatic N) is 2. The van der Waals surface area contributed by atoms with Crippen LogP contribution in [0, 0.1) is 13.8 Å². The van der Waals surface area contributed by atoms with Crippen LogP contribution in [0.3, 0.4) is 0 Å². The Balaban J connectivity index is 2.22. The molecular weight excluding hydrogens is 210 g/mol. The van der Waals surface area contributed by atoms with Crippen LogP contribution in [0.15, 0.2) is 32.9 Å². The number of rotatable bonds is 2. The van der Waals surface area contributed by atoms with Gasteiger partial charge in [-0.2, -0.15) is 0 Å². The lowest BCUT2D eigenvalue weighted by molar-refractivity contribution is 0.431. The molecule has 4 nitrogen and oxygen atoms in total. The lowest BCUT2D eigenvalue weighted by Crippen LogP contribution is -1.89. The van der Waals surface area contributed by atoms with E-state index in [1.807, 2.05) is 26.0 Å². The molecule has 0 unspecified atom stereocenters. The maximum absolute atomic E-state index is 5.57. The number of aryl methyl sites for hydroxylation is 2. The van der Waals surface area contributed by atoms with E-state index in [1.54, 1.807) is 6.07 Å². The van der Waals surface area contributed by atoms with Crippen LogP contribution in [0.5, 0.6) is 0 Å². The largest absolute Gasteiger partial charge is 0.436 e. The first-order valence-corrected chi connectivity index (χ1v) is 5.31. The highest BCUT2D eigenvalue weighted by Gasteiger charge is 2.07. The van der Waals surface area contributed by atoms with Crippen molar-refractivity contribution in [2.24, 2.45) is 0 Å². The molecule has 2 aromatic heterocycles. The lowest BCUT2D eigenvalue weighted by atomic mass is 10.4. The summed E-state index contributed by atoms with van der Waals surface area (Å²) in [5.74, 6) is 1.33. The fraction of sp³-hybridized carbons (Fsp3) is 0.200. The first-order chi connectivity index (χ1) is 7.15. The third-order valence-electron chi connectivity index (χ3n) is 1.95. The second kappa shape index (κ2) is 3.94. The highest BCUT2D eigenvalue weighted by Crippen LogP contribution is 2.27. The van der Waals surface area contributed by atoms with Crippen molar-refractivity contribution in [3.05, 3.63) is 29.7 Å². The zero-order chi connectivity index (χ0) is 10.8. The molecule has 2 N–H and O–H groups in total. The Labute approximate surface area is 91.9 Å². The number of pyridine rings is 1. The summed E-state index contributed by atoms with van der Waals surface area (Å²) < 4.78 is 5.43. The summed E-state index contributed by atoms with van der Waals surface area (Å²) >= 11 is 1.37. The average molecular weight is 221 g/mol. The lowest BCUT2D eigenvalue weighted by Gasteiger charge is -1.96. The third-order valence-corrected chi connectivity index (χ3v) is 2.73. The molecule has 0 fully saturated rings. The van der Waals surface area contributed by atoms with E-state index >= 15 is 0 Å². The Morgan fingerprint density at radius 1 is 1.27 bits per heavy atom. The Bertz CT molecular complexity index is 462. The van der Waals surface area contributed by atoms with Crippen molar-refractivity contribution in [2.75, 3.05) is 5.73 Å². The van der Waals surface area contributed by atoms with E-state index in [4.69, 9.17) is 10.2 Å². The zero-order valence-electron chi connectivity index (χ0n) is 8.52. The van der Waals surface area contributed by atoms with E-state index in [-0.39, 0.29) is 0 Å². The van der Waals surface area contributed by atoms with Crippen molar-refractivity contribution in [3.63, 3.8) is 0 Å². The van der Waals surface area contributed by atoms with Crippen LogP contribution in [-0.2, 0) is 0 Å². The van der Waals surface area contributed by atoms with Crippen LogP contribution in [0.4, 0.5) is 5.82 Å². The Morgan fingerprint density at radius 2 is 2.07 bits per heavy atom. The maximum Gasteiger partial charge on any atom is 0.262 e. The van der Waals surface area contributed by atoms with Gasteiger partial charge in [-0.05, 0) is 37.7 Å². The highest BCUT2D eigenvalue weighted by atomic mass is 32.2. The quantitative estimate of drug-likeness (QED) is 0.843. The average Bonchev–Trinajstić information content (AvgIpc) is 2.45. The monoisotopic (exact) mass is 221 g/mol. The summed E-state index contributed by atoms with van der Waals surface area (Å²) in [4.78, 5) is 8.40. The SMILES string of the molecule is Cc1nc(Sc2cccc(N)n2)oc1C. The van der Waals surface area contributed by atoms with E-state index in [2.05, 4.69) is 9.97 Å². The molecule has 78 valence electrons. The van der Waals surface area contributed by atoms with Gasteiger partial charge < -0.3 is 10.2 Å². The molecule has 0 aliphatic heterocycles. The van der Waals surface area contributed by atoms with Crippen LogP contribution in [0.2, 0.25) is 0 Å². The van der Waals surface area contributed by atoms with Gasteiger partial charge in [0, 0.05) is 0 Å². The summed E-state index contributed by atoms with van der Waals surface area (Å²) in [7, 11) is 0. The van der Waals surface area contributed by atoms with Gasteiger partial charge in [0.1, 0.15) is 16.6 Å². The van der Waals surface area contributed by atoms with Gasteiger partial charge in [-0.15, -0.1) is 0 Å². The molecular formula is C10H11N3OS. The third kappa shape index (κ3) is 2.30. The fourth-order valence-electron chi connectivity index (χ4n) is 1.06. The van der Waals surface area contributed by atoms with Gasteiger partial charge in [0.05, 0.1) is 5.69 Å². The molecule has 0 atom stereocenters. The number of hydrogen-bond donors (Lipinski definition) is 1. The smallest absolute Gasteiger partial charge is 0.262 e. The summed E-state index contributed by atoms with van der Waals surface area (Å²) in [6, 6.07) is 5.47. The Hall–Kier alpha value is -1.49. The fourth-order valence-corrected chi connectivity index (χ4v) is 1.89. The molecule has 2 rings (SSSR count). The molecule has 2 heterocycles. The first kappa shape index (κ1) is 10.0. The topological polar surface area (TPSA) is 64.9 Å². The Kier molecular flexibility index (Phi) is 2.64. The van der Waals surface area contributed by atoms with Gasteiger partial charge in [0.25, 0.3) is 5.22 Å². The predicted octanol–water partition coefficient (Wildman–Crippen LogP) is 2.42. The molecule has 0 saturated carbocycles. The number of hydrogen-bond acceptors (Lipinski definition) is 5. The molecule has 15 heavy (non-hydrogen) atoms. The van der Waals surface area contributed by atoms with Gasteiger partial charge in [-0.3, -0.25) is 0 Å². The Morgan fingerprint density at radius 3 is 2.67 bits per heavy atom. The molecule has 0 aliphatic carbocycles. The van der Waals surface area contributed by atoms with Gasteiger partial charge in [-0.1, -0.05) is 6.07 Å². The van der Waals surface area contributed by atoms with Crippen LogP contribution in [0.25, 0.3) is 0 Å². The summed E-state index contributed by atoms with van der Waals surface area (Å²) in [6.07, 6.45) is 0. The number of oxazole rings is 1. The maximum atomic E-state index is 5.57. The second-order valence-electron chi connectivity index (χ2n) is 3.12. The number of nitrogen functional groups attached to an aromatic ring is 1. The minimum Gasteiger partial charge on any atom is -0.436 e. The minimum atomic E-state index is 0.500. The summed E-state index contributed by atoms with van der Waals surface area (Å²) in [5, 5.41) is 1.39. The van der Waals surface area contributed by atoms with Crippen molar-refractivity contribution in [1.82, 2.24) is 9.97 Å². The van der Waals surface area contributed by atoms with Crippen molar-refractivity contribution in [1.29, 1.82) is 0 Å². The molecule has 0 saturated heterocycles. The van der Waals surface area contributed by atoms with Gasteiger partial charge >= 0.3 is 0 Å². The van der Waals surface area contributed by atoms with Crippen molar-refractivity contribution in [2.45, 2.75) is 24.1 Å². The van der Waals surface area contributed by atoms with E-state index in [0.717, 1.165) is 16.5 Å². The number of aromatic nitrogens is 2. The molecule has 0 aromatic carbocycles. The number of anilines is 1. The van der Waals surface area contributed by atoms with Crippen LogP contribution in [-0.4, -0.2) is 9.97 Å². The number of nitrogens with two attached hydrogens (primary N) is 1. The van der Waals surface area contributed by atoms with Crippen molar-refractivity contribution < 1.29 is 4.42 Å². The highest BCUT2D eigenvalue weighted by molar-refractivity contribution is 7.99. The second-order valence-corrected chi connectivity index (χ2v) is 4.10. The van der Waals surface area contributed by atoms with Crippen molar-refractivity contribution >= 4 is 17.6 Å². The molecule has 2 aromatic rings. The first-order valence-electron chi connectivity index (χ1n) is 4.49. The van der Waals surface area contributed by atoms with E-state index < -0.39 is 0 Å². The van der Waals surface area contributed by atoms with E-state index in [1.165, 1.54) is 11.8 Å². The molecule has 0 amide bonds. The predicted molar refractivity (Wildman–Crippen MR) is 58.7 cm³/mol. The van der Waals surface area contributed by atoms with Crippen LogP contribution >= 0.6 is 11.8 Å².